The minimum absolute atomic E-state index is 0.00626. The predicted molar refractivity (Wildman–Crippen MR) is 71.3 cm³/mol. The van der Waals surface area contributed by atoms with E-state index in [0.29, 0.717) is 6.54 Å². The van der Waals surface area contributed by atoms with Crippen LogP contribution in [0.15, 0.2) is 29.2 Å². The molecule has 0 aliphatic rings. The van der Waals surface area contributed by atoms with Gasteiger partial charge in [-0.3, -0.25) is 4.79 Å². The standard InChI is InChI=1S/C13H19NO2S/c1-14(13(16)8-10-15)9-7-11-3-5-12(17-2)6-4-11/h3-6,15H,7-10H2,1-2H3. The molecule has 0 saturated heterocycles. The largest absolute Gasteiger partial charge is 0.396 e. The van der Waals surface area contributed by atoms with Gasteiger partial charge in [0, 0.05) is 24.9 Å². The Morgan fingerprint density at radius 3 is 2.53 bits per heavy atom. The maximum Gasteiger partial charge on any atom is 0.224 e. The zero-order valence-electron chi connectivity index (χ0n) is 10.3. The van der Waals surface area contributed by atoms with Gasteiger partial charge < -0.3 is 10.0 Å². The van der Waals surface area contributed by atoms with Crippen molar-refractivity contribution in [3.05, 3.63) is 29.8 Å². The molecule has 3 nitrogen and oxygen atoms in total. The summed E-state index contributed by atoms with van der Waals surface area (Å²) in [7, 11) is 1.77. The average Bonchev–Trinajstić information content (AvgIpc) is 2.36. The molecule has 1 aromatic carbocycles. The summed E-state index contributed by atoms with van der Waals surface area (Å²) in [4.78, 5) is 14.3. The second-order valence-corrected chi connectivity index (χ2v) is 4.77. The SMILES string of the molecule is CSc1ccc(CCN(C)C(=O)CCO)cc1. The molecule has 0 aliphatic carbocycles. The number of likely N-dealkylation sites (N-methyl/N-ethyl adjacent to an activating group) is 1. The Morgan fingerprint density at radius 1 is 1.35 bits per heavy atom. The monoisotopic (exact) mass is 253 g/mol. The van der Waals surface area contributed by atoms with Gasteiger partial charge in [-0.15, -0.1) is 11.8 Å². The van der Waals surface area contributed by atoms with Crippen molar-refractivity contribution in [1.29, 1.82) is 0 Å². The van der Waals surface area contributed by atoms with Gasteiger partial charge in [-0.25, -0.2) is 0 Å². The van der Waals surface area contributed by atoms with Crippen LogP contribution in [0, 0.1) is 0 Å². The van der Waals surface area contributed by atoms with Crippen LogP contribution in [0.25, 0.3) is 0 Å². The highest BCUT2D eigenvalue weighted by Crippen LogP contribution is 2.15. The van der Waals surface area contributed by atoms with Crippen molar-refractivity contribution in [1.82, 2.24) is 4.90 Å². The first-order valence-corrected chi connectivity index (χ1v) is 6.87. The molecule has 0 atom stereocenters. The van der Waals surface area contributed by atoms with E-state index >= 15 is 0 Å². The highest BCUT2D eigenvalue weighted by atomic mass is 32.2. The van der Waals surface area contributed by atoms with Crippen LogP contribution in [0.4, 0.5) is 0 Å². The number of aliphatic hydroxyl groups excluding tert-OH is 1. The Morgan fingerprint density at radius 2 is 2.00 bits per heavy atom. The van der Waals surface area contributed by atoms with E-state index in [1.165, 1.54) is 10.5 Å². The Bertz CT molecular complexity index is 351. The molecule has 0 heterocycles. The Balaban J connectivity index is 2.41. The summed E-state index contributed by atoms with van der Waals surface area (Å²) in [6.07, 6.45) is 3.11. The van der Waals surface area contributed by atoms with Gasteiger partial charge in [0.15, 0.2) is 0 Å². The number of thioether (sulfide) groups is 1. The van der Waals surface area contributed by atoms with Gasteiger partial charge in [0.05, 0.1) is 6.61 Å². The van der Waals surface area contributed by atoms with Gasteiger partial charge in [-0.05, 0) is 30.4 Å². The molecule has 0 bridgehead atoms. The number of rotatable bonds is 6. The lowest BCUT2D eigenvalue weighted by atomic mass is 10.1. The molecule has 1 amide bonds. The number of benzene rings is 1. The zero-order valence-corrected chi connectivity index (χ0v) is 11.2. The van der Waals surface area contributed by atoms with Crippen LogP contribution in [0.1, 0.15) is 12.0 Å². The molecule has 0 aliphatic heterocycles. The van der Waals surface area contributed by atoms with E-state index in [0.717, 1.165) is 6.42 Å². The first-order valence-electron chi connectivity index (χ1n) is 5.65. The average molecular weight is 253 g/mol. The zero-order chi connectivity index (χ0) is 12.7. The first kappa shape index (κ1) is 14.1. The third-order valence-electron chi connectivity index (χ3n) is 2.65. The van der Waals surface area contributed by atoms with Crippen LogP contribution >= 0.6 is 11.8 Å². The lowest BCUT2D eigenvalue weighted by Crippen LogP contribution is -2.29. The molecule has 4 heteroatoms. The van der Waals surface area contributed by atoms with Crippen LogP contribution in [0.2, 0.25) is 0 Å². The van der Waals surface area contributed by atoms with E-state index in [1.54, 1.807) is 23.7 Å². The maximum atomic E-state index is 11.4. The number of carbonyl (C=O) groups excluding carboxylic acids is 1. The minimum atomic E-state index is -0.0778. The van der Waals surface area contributed by atoms with Crippen molar-refractivity contribution < 1.29 is 9.90 Å². The second-order valence-electron chi connectivity index (χ2n) is 3.89. The molecule has 17 heavy (non-hydrogen) atoms. The van der Waals surface area contributed by atoms with Gasteiger partial charge >= 0.3 is 0 Å². The quantitative estimate of drug-likeness (QED) is 0.786. The van der Waals surface area contributed by atoms with Crippen LogP contribution < -0.4 is 0 Å². The van der Waals surface area contributed by atoms with Crippen molar-refractivity contribution in [2.75, 3.05) is 26.5 Å². The van der Waals surface area contributed by atoms with Crippen molar-refractivity contribution in [2.45, 2.75) is 17.7 Å². The number of amides is 1. The molecule has 1 rings (SSSR count). The molecule has 0 aromatic heterocycles. The normalized spacial score (nSPS) is 10.3. The van der Waals surface area contributed by atoms with E-state index in [-0.39, 0.29) is 18.9 Å². The molecule has 1 aromatic rings. The fourth-order valence-corrected chi connectivity index (χ4v) is 1.91. The number of hydrogen-bond acceptors (Lipinski definition) is 3. The van der Waals surface area contributed by atoms with Gasteiger partial charge in [0.1, 0.15) is 0 Å². The van der Waals surface area contributed by atoms with Crippen LogP contribution in [-0.4, -0.2) is 42.4 Å². The third kappa shape index (κ3) is 4.79. The summed E-state index contributed by atoms with van der Waals surface area (Å²) >= 11 is 1.72. The lowest BCUT2D eigenvalue weighted by Gasteiger charge is -2.16. The van der Waals surface area contributed by atoms with Crippen molar-refractivity contribution in [3.63, 3.8) is 0 Å². The fraction of sp³-hybridized carbons (Fsp3) is 0.462. The summed E-state index contributed by atoms with van der Waals surface area (Å²) in [5.74, 6) is -0.00626. The molecular weight excluding hydrogens is 234 g/mol. The molecule has 0 radical (unpaired) electrons. The molecule has 1 N–H and O–H groups in total. The highest BCUT2D eigenvalue weighted by Gasteiger charge is 2.07. The molecular formula is C13H19NO2S. The van der Waals surface area contributed by atoms with E-state index in [4.69, 9.17) is 5.11 Å². The second kappa shape index (κ2) is 7.35. The highest BCUT2D eigenvalue weighted by molar-refractivity contribution is 7.98. The summed E-state index contributed by atoms with van der Waals surface area (Å²) in [5.41, 5.74) is 1.23. The Kier molecular flexibility index (Phi) is 6.08. The lowest BCUT2D eigenvalue weighted by molar-refractivity contribution is -0.130. The van der Waals surface area contributed by atoms with E-state index in [2.05, 4.69) is 30.5 Å². The number of nitrogens with zero attached hydrogens (tertiary/aromatic N) is 1. The van der Waals surface area contributed by atoms with E-state index in [1.807, 2.05) is 0 Å². The Labute approximate surface area is 107 Å². The number of hydrogen-bond donors (Lipinski definition) is 1. The van der Waals surface area contributed by atoms with Gasteiger partial charge in [0.25, 0.3) is 0 Å². The third-order valence-corrected chi connectivity index (χ3v) is 3.39. The molecule has 0 saturated carbocycles. The van der Waals surface area contributed by atoms with Crippen molar-refractivity contribution >= 4 is 17.7 Å². The van der Waals surface area contributed by atoms with Crippen LogP contribution in [-0.2, 0) is 11.2 Å². The summed E-state index contributed by atoms with van der Waals surface area (Å²) < 4.78 is 0. The van der Waals surface area contributed by atoms with Crippen molar-refractivity contribution in [2.24, 2.45) is 0 Å². The molecule has 0 spiro atoms. The fourth-order valence-electron chi connectivity index (χ4n) is 1.50. The molecule has 0 unspecified atom stereocenters. The topological polar surface area (TPSA) is 40.5 Å². The number of aliphatic hydroxyl groups is 1. The summed E-state index contributed by atoms with van der Waals surface area (Å²) in [6, 6.07) is 8.37. The smallest absolute Gasteiger partial charge is 0.224 e. The van der Waals surface area contributed by atoms with Crippen molar-refractivity contribution in [3.8, 4) is 0 Å². The van der Waals surface area contributed by atoms with E-state index in [9.17, 15) is 4.79 Å². The van der Waals surface area contributed by atoms with Gasteiger partial charge in [-0.2, -0.15) is 0 Å². The van der Waals surface area contributed by atoms with Crippen LogP contribution in [0.5, 0.6) is 0 Å². The first-order chi connectivity index (χ1) is 8.17. The maximum absolute atomic E-state index is 11.4. The van der Waals surface area contributed by atoms with Crippen LogP contribution in [0.3, 0.4) is 0 Å². The van der Waals surface area contributed by atoms with E-state index < -0.39 is 0 Å². The number of carbonyl (C=O) groups is 1. The molecule has 94 valence electrons. The van der Waals surface area contributed by atoms with Gasteiger partial charge in [-0.1, -0.05) is 12.1 Å². The Hall–Kier alpha value is -1.00. The minimum Gasteiger partial charge on any atom is -0.396 e. The summed E-state index contributed by atoms with van der Waals surface area (Å²) in [5, 5.41) is 8.68. The summed E-state index contributed by atoms with van der Waals surface area (Å²) in [6.45, 7) is 0.614. The molecule has 0 fully saturated rings. The van der Waals surface area contributed by atoms with Gasteiger partial charge in [0.2, 0.25) is 5.91 Å². The predicted octanol–water partition coefficient (Wildman–Crippen LogP) is 1.79.